The number of anilines is 1. The molecule has 0 radical (unpaired) electrons. The molecule has 2 aromatic carbocycles. The first-order valence-corrected chi connectivity index (χ1v) is 6.15. The fourth-order valence-electron chi connectivity index (χ4n) is 2.08. The highest BCUT2D eigenvalue weighted by molar-refractivity contribution is 5.69. The average molecular weight is 241 g/mol. The van der Waals surface area contributed by atoms with Crippen LogP contribution < -0.4 is 5.73 Å². The van der Waals surface area contributed by atoms with Crippen LogP contribution in [0.1, 0.15) is 11.1 Å². The first kappa shape index (κ1) is 12.7. The van der Waals surface area contributed by atoms with E-state index in [2.05, 4.69) is 37.3 Å². The van der Waals surface area contributed by atoms with Gasteiger partial charge in [-0.25, -0.2) is 0 Å². The van der Waals surface area contributed by atoms with E-state index in [1.165, 1.54) is 22.3 Å². The van der Waals surface area contributed by atoms with Crippen LogP contribution in [0.3, 0.4) is 0 Å². The molecular formula is C16H19NO. The molecule has 0 aromatic heterocycles. The molecule has 2 aromatic rings. The number of nitrogen functional groups attached to an aromatic ring is 1. The predicted molar refractivity (Wildman–Crippen MR) is 76.6 cm³/mol. The van der Waals surface area contributed by atoms with Crippen molar-refractivity contribution >= 4 is 5.69 Å². The van der Waals surface area contributed by atoms with Gasteiger partial charge in [0.2, 0.25) is 0 Å². The van der Waals surface area contributed by atoms with Crippen LogP contribution >= 0.6 is 0 Å². The molecule has 0 aliphatic heterocycles. The van der Waals surface area contributed by atoms with Gasteiger partial charge in [0.05, 0.1) is 6.61 Å². The summed E-state index contributed by atoms with van der Waals surface area (Å²) in [6.45, 7) is 2.85. The van der Waals surface area contributed by atoms with E-state index in [-0.39, 0.29) is 0 Å². The van der Waals surface area contributed by atoms with Crippen LogP contribution in [0.5, 0.6) is 0 Å². The number of ether oxygens (including phenoxy) is 1. The van der Waals surface area contributed by atoms with Gasteiger partial charge >= 0.3 is 0 Å². The van der Waals surface area contributed by atoms with Gasteiger partial charge in [0, 0.05) is 12.8 Å². The molecule has 2 N–H and O–H groups in total. The largest absolute Gasteiger partial charge is 0.399 e. The molecular weight excluding hydrogens is 222 g/mol. The van der Waals surface area contributed by atoms with Crippen LogP contribution in [0.25, 0.3) is 11.1 Å². The maximum absolute atomic E-state index is 5.77. The molecule has 0 aliphatic rings. The number of benzene rings is 2. The zero-order chi connectivity index (χ0) is 13.0. The summed E-state index contributed by atoms with van der Waals surface area (Å²) in [5.74, 6) is 0. The van der Waals surface area contributed by atoms with Gasteiger partial charge in [-0.05, 0) is 47.7 Å². The SMILES string of the molecule is COCCc1ccc(-c2ccc(N)cc2C)cc1. The van der Waals surface area contributed by atoms with Crippen molar-refractivity contribution in [2.24, 2.45) is 0 Å². The molecule has 0 heterocycles. The topological polar surface area (TPSA) is 35.2 Å². The van der Waals surface area contributed by atoms with E-state index in [4.69, 9.17) is 10.5 Å². The number of methoxy groups -OCH3 is 1. The highest BCUT2D eigenvalue weighted by Gasteiger charge is 2.02. The maximum atomic E-state index is 5.77. The molecule has 0 unspecified atom stereocenters. The third kappa shape index (κ3) is 2.90. The lowest BCUT2D eigenvalue weighted by Crippen LogP contribution is -1.94. The van der Waals surface area contributed by atoms with Crippen molar-refractivity contribution in [3.05, 3.63) is 53.6 Å². The van der Waals surface area contributed by atoms with Gasteiger partial charge in [-0.3, -0.25) is 0 Å². The zero-order valence-electron chi connectivity index (χ0n) is 10.9. The van der Waals surface area contributed by atoms with Crippen molar-refractivity contribution in [2.75, 3.05) is 19.5 Å². The second-order valence-corrected chi connectivity index (χ2v) is 4.51. The van der Waals surface area contributed by atoms with Crippen LogP contribution in [0.2, 0.25) is 0 Å². The molecule has 2 nitrogen and oxygen atoms in total. The van der Waals surface area contributed by atoms with Crippen molar-refractivity contribution in [2.45, 2.75) is 13.3 Å². The Morgan fingerprint density at radius 3 is 2.39 bits per heavy atom. The molecule has 0 saturated heterocycles. The first-order chi connectivity index (χ1) is 8.70. The quantitative estimate of drug-likeness (QED) is 0.832. The Kier molecular flexibility index (Phi) is 4.00. The third-order valence-corrected chi connectivity index (χ3v) is 3.11. The van der Waals surface area contributed by atoms with Gasteiger partial charge in [0.1, 0.15) is 0 Å². The monoisotopic (exact) mass is 241 g/mol. The number of nitrogens with two attached hydrogens (primary N) is 1. The minimum absolute atomic E-state index is 0.764. The first-order valence-electron chi connectivity index (χ1n) is 6.15. The summed E-state index contributed by atoms with van der Waals surface area (Å²) in [6.07, 6.45) is 0.956. The summed E-state index contributed by atoms with van der Waals surface area (Å²) < 4.78 is 5.08. The minimum atomic E-state index is 0.764. The molecule has 94 valence electrons. The smallest absolute Gasteiger partial charge is 0.0502 e. The molecule has 2 rings (SSSR count). The molecule has 0 aliphatic carbocycles. The highest BCUT2D eigenvalue weighted by Crippen LogP contribution is 2.25. The second kappa shape index (κ2) is 5.69. The number of hydrogen-bond acceptors (Lipinski definition) is 2. The molecule has 0 fully saturated rings. The molecule has 2 heteroatoms. The Morgan fingerprint density at radius 1 is 1.06 bits per heavy atom. The normalized spacial score (nSPS) is 10.6. The third-order valence-electron chi connectivity index (χ3n) is 3.11. The van der Waals surface area contributed by atoms with Gasteiger partial charge in [0.15, 0.2) is 0 Å². The molecule has 0 amide bonds. The van der Waals surface area contributed by atoms with Crippen LogP contribution in [0, 0.1) is 6.92 Å². The van der Waals surface area contributed by atoms with Gasteiger partial charge in [0.25, 0.3) is 0 Å². The van der Waals surface area contributed by atoms with Crippen molar-refractivity contribution in [3.63, 3.8) is 0 Å². The van der Waals surface area contributed by atoms with Crippen LogP contribution in [0.4, 0.5) is 5.69 Å². The maximum Gasteiger partial charge on any atom is 0.0502 e. The van der Waals surface area contributed by atoms with E-state index < -0.39 is 0 Å². The Bertz CT molecular complexity index is 517. The molecule has 0 atom stereocenters. The zero-order valence-corrected chi connectivity index (χ0v) is 10.9. The minimum Gasteiger partial charge on any atom is -0.399 e. The lowest BCUT2D eigenvalue weighted by molar-refractivity contribution is 0.202. The van der Waals surface area contributed by atoms with Crippen molar-refractivity contribution < 1.29 is 4.74 Å². The van der Waals surface area contributed by atoms with Crippen molar-refractivity contribution in [1.82, 2.24) is 0 Å². The Morgan fingerprint density at radius 2 is 1.78 bits per heavy atom. The fraction of sp³-hybridized carbons (Fsp3) is 0.250. The lowest BCUT2D eigenvalue weighted by atomic mass is 9.98. The summed E-state index contributed by atoms with van der Waals surface area (Å²) in [6, 6.07) is 14.7. The standard InChI is InChI=1S/C16H19NO/c1-12-11-15(17)7-8-16(12)14-5-3-13(4-6-14)9-10-18-2/h3-8,11H,9-10,17H2,1-2H3. The number of rotatable bonds is 4. The van der Waals surface area contributed by atoms with Crippen LogP contribution in [-0.2, 0) is 11.2 Å². The van der Waals surface area contributed by atoms with Gasteiger partial charge < -0.3 is 10.5 Å². The van der Waals surface area contributed by atoms with E-state index in [9.17, 15) is 0 Å². The fourth-order valence-corrected chi connectivity index (χ4v) is 2.08. The summed E-state index contributed by atoms with van der Waals surface area (Å²) >= 11 is 0. The Balaban J connectivity index is 2.23. The summed E-state index contributed by atoms with van der Waals surface area (Å²) in [5.41, 5.74) is 11.6. The van der Waals surface area contributed by atoms with Crippen molar-refractivity contribution in [3.8, 4) is 11.1 Å². The van der Waals surface area contributed by atoms with Gasteiger partial charge in [-0.1, -0.05) is 30.3 Å². The highest BCUT2D eigenvalue weighted by atomic mass is 16.5. The van der Waals surface area contributed by atoms with E-state index in [1.54, 1.807) is 7.11 Å². The number of aryl methyl sites for hydroxylation is 1. The second-order valence-electron chi connectivity index (χ2n) is 4.51. The molecule has 0 spiro atoms. The van der Waals surface area contributed by atoms with Gasteiger partial charge in [-0.15, -0.1) is 0 Å². The van der Waals surface area contributed by atoms with E-state index in [0.717, 1.165) is 18.7 Å². The van der Waals surface area contributed by atoms with E-state index in [0.29, 0.717) is 0 Å². The summed E-state index contributed by atoms with van der Waals surface area (Å²) in [5, 5.41) is 0. The molecule has 0 bridgehead atoms. The Labute approximate surface area is 108 Å². The summed E-state index contributed by atoms with van der Waals surface area (Å²) in [7, 11) is 1.73. The predicted octanol–water partition coefficient (Wildman–Crippen LogP) is 3.43. The van der Waals surface area contributed by atoms with Crippen LogP contribution in [0.15, 0.2) is 42.5 Å². The van der Waals surface area contributed by atoms with Gasteiger partial charge in [-0.2, -0.15) is 0 Å². The number of hydrogen-bond donors (Lipinski definition) is 1. The van der Waals surface area contributed by atoms with E-state index in [1.807, 2.05) is 12.1 Å². The summed E-state index contributed by atoms with van der Waals surface area (Å²) in [4.78, 5) is 0. The average Bonchev–Trinajstić information content (AvgIpc) is 2.37. The van der Waals surface area contributed by atoms with E-state index >= 15 is 0 Å². The Hall–Kier alpha value is -1.80. The van der Waals surface area contributed by atoms with Crippen LogP contribution in [-0.4, -0.2) is 13.7 Å². The van der Waals surface area contributed by atoms with Crippen molar-refractivity contribution in [1.29, 1.82) is 0 Å². The molecule has 18 heavy (non-hydrogen) atoms. The lowest BCUT2D eigenvalue weighted by Gasteiger charge is -2.08. The molecule has 0 saturated carbocycles.